The zero-order chi connectivity index (χ0) is 96.0. The summed E-state index contributed by atoms with van der Waals surface area (Å²) in [7, 11) is 6.29. The van der Waals surface area contributed by atoms with E-state index in [0.717, 1.165) is 44.9 Å². The average Bonchev–Trinajstić information content (AvgIpc) is 1.73. The quantitative estimate of drug-likeness (QED) is 0.0101. The van der Waals surface area contributed by atoms with E-state index in [2.05, 4.69) is 87.1 Å². The SMILES string of the molecule is CC(C)(C)OC(=O)NCCCCOc1cc(C(=O)O)ccn1.CCCCCO.COC(=O)C(CO)NC(=O)c1ccnc(OCCCCNC(=O)OC(C)(C)C)c1.COC(=O)C(N)CO.COC(=O)C1COC(c2ccnc(OCCCCNC(=O)OC(C)(C)C)c2)=N1.COC(=O)c1cc[nH]c(=O)c1.COC(=O)c1ccnc(OCCCCNC(=O)OC(C)(C)C)c1. The highest BCUT2D eigenvalue weighted by Gasteiger charge is 2.28. The monoisotopic (exact) mass is 1800 g/mol. The van der Waals surface area contributed by atoms with Gasteiger partial charge in [-0.25, -0.2) is 68.1 Å². The van der Waals surface area contributed by atoms with E-state index in [0.29, 0.717) is 107 Å². The first kappa shape index (κ1) is 114. The zero-order valence-corrected chi connectivity index (χ0v) is 75.9. The van der Waals surface area contributed by atoms with E-state index in [1.165, 1.54) is 109 Å². The van der Waals surface area contributed by atoms with Crippen LogP contribution in [0, 0.1) is 0 Å². The Bertz CT molecular complexity index is 4180. The Labute approximate surface area is 739 Å². The molecule has 5 amide bonds. The number of carbonyl (C=O) groups excluding carboxylic acids is 10. The van der Waals surface area contributed by atoms with Crippen molar-refractivity contribution in [2.24, 2.45) is 10.7 Å². The fourth-order valence-electron chi connectivity index (χ4n) is 8.87. The van der Waals surface area contributed by atoms with Gasteiger partial charge in [0.25, 0.3) is 5.91 Å². The van der Waals surface area contributed by atoms with Crippen LogP contribution in [-0.4, -0.2) is 272 Å². The lowest BCUT2D eigenvalue weighted by molar-refractivity contribution is -0.144. The van der Waals surface area contributed by atoms with Crippen molar-refractivity contribution in [2.45, 2.75) is 201 Å². The molecule has 0 bridgehead atoms. The highest BCUT2D eigenvalue weighted by atomic mass is 16.6. The number of pyridine rings is 5. The van der Waals surface area contributed by atoms with Gasteiger partial charge in [0.15, 0.2) is 12.1 Å². The Morgan fingerprint density at radius 3 is 1.19 bits per heavy atom. The number of aromatic nitrogens is 5. The van der Waals surface area contributed by atoms with Crippen LogP contribution < -0.4 is 56.8 Å². The third-order valence-corrected chi connectivity index (χ3v) is 14.8. The number of nitrogens with two attached hydrogens (primary N) is 1. The minimum atomic E-state index is -1.15. The standard InChI is InChI=1S/C19H29N3O7.C19H27N3O6.C16H24N2O5.C15H22N2O5.C7H7NO3.C5H12O.C4H9NO3/c1-19(2,3)29-18(26)21-8-5-6-10-28-15-11-13(7-9-20-15)16(24)22-14(12-23)17(25)27-4;1-19(2,3)28-18(24)21-8-5-6-10-26-15-11-13(7-9-20-15)16-22-14(12-27-16)17(23)25-4;1-16(2,3)23-15(20)18-8-5-6-10-22-13-11-12(7-9-17-13)14(19)21-4;1-15(2,3)22-14(20)17-7-4-5-9-21-12-10-11(13(18)19)6-8-16-12;1-11-7(10)5-2-3-8-6(9)4-5;1-2-3-4-5-6;1-8-4(7)3(5)2-6/h7,9,11,14,23H,5-6,8,10,12H2,1-4H3,(H,21,26)(H,22,24);7,9,11,14H,5-6,8,10,12H2,1-4H3,(H,21,24);7,9,11H,5-6,8,10H2,1-4H3,(H,18,20);6,8,10H,4-5,7,9H2,1-3H3,(H,17,20)(H,18,19);2-4H,1H3,(H,8,9);6H,2-5H2,1H3;3,6H,2,5H2,1H3. The van der Waals surface area contributed by atoms with E-state index in [9.17, 15) is 57.5 Å². The molecule has 0 saturated carbocycles. The third-order valence-electron chi connectivity index (χ3n) is 14.8. The number of carbonyl (C=O) groups is 11. The van der Waals surface area contributed by atoms with Crippen molar-refractivity contribution in [1.29, 1.82) is 0 Å². The number of carboxylic acid groups (broad SMARTS) is 1. The number of nitrogens with zero attached hydrogens (tertiary/aromatic N) is 5. The molecular weight excluding hydrogens is 1670 g/mol. The predicted octanol–water partition coefficient (Wildman–Crippen LogP) is 7.94. The van der Waals surface area contributed by atoms with Crippen molar-refractivity contribution >= 4 is 72.0 Å². The first-order chi connectivity index (χ1) is 59.9. The molecule has 710 valence electrons. The number of hydrogen-bond donors (Lipinski definition) is 11. The fourth-order valence-corrected chi connectivity index (χ4v) is 8.87. The van der Waals surface area contributed by atoms with Crippen LogP contribution in [-0.2, 0) is 61.8 Å². The molecule has 6 rings (SSSR count). The summed E-state index contributed by atoms with van der Waals surface area (Å²) in [6.07, 6.45) is 14.6. The largest absolute Gasteiger partial charge is 0.478 e. The summed E-state index contributed by atoms with van der Waals surface area (Å²) in [6.45, 7) is 27.0. The van der Waals surface area contributed by atoms with Gasteiger partial charge in [-0.05, 0) is 171 Å². The summed E-state index contributed by atoms with van der Waals surface area (Å²) in [6, 6.07) is 12.2. The maximum absolute atomic E-state index is 12.2. The number of methoxy groups -OCH3 is 5. The van der Waals surface area contributed by atoms with Gasteiger partial charge in [0, 0.05) is 105 Å². The lowest BCUT2D eigenvalue weighted by Gasteiger charge is -2.19. The number of hydrogen-bond acceptors (Lipinski definition) is 35. The number of amides is 5. The van der Waals surface area contributed by atoms with Gasteiger partial charge in [0.05, 0.1) is 91.9 Å². The molecule has 127 heavy (non-hydrogen) atoms. The molecule has 0 aromatic carbocycles. The molecule has 42 nitrogen and oxygen atoms in total. The van der Waals surface area contributed by atoms with Crippen LogP contribution in [0.5, 0.6) is 23.5 Å². The summed E-state index contributed by atoms with van der Waals surface area (Å²) >= 11 is 0. The van der Waals surface area contributed by atoms with E-state index in [-0.39, 0.29) is 47.2 Å². The van der Waals surface area contributed by atoms with Gasteiger partial charge in [-0.15, -0.1) is 0 Å². The van der Waals surface area contributed by atoms with Crippen molar-refractivity contribution in [3.8, 4) is 23.5 Å². The van der Waals surface area contributed by atoms with Gasteiger partial charge >= 0.3 is 60.2 Å². The summed E-state index contributed by atoms with van der Waals surface area (Å²) in [4.78, 5) is 158. The molecule has 0 fully saturated rings. The molecule has 0 aliphatic carbocycles. The molecular formula is C85H130N12O30. The van der Waals surface area contributed by atoms with Gasteiger partial charge < -0.3 is 124 Å². The van der Waals surface area contributed by atoms with Crippen molar-refractivity contribution in [3.63, 3.8) is 0 Å². The smallest absolute Gasteiger partial charge is 0.407 e. The molecule has 12 N–H and O–H groups in total. The average molecular weight is 1800 g/mol. The summed E-state index contributed by atoms with van der Waals surface area (Å²) in [5, 5.41) is 47.5. The number of aromatic amines is 1. The Morgan fingerprint density at radius 2 is 0.850 bits per heavy atom. The first-order valence-electron chi connectivity index (χ1n) is 40.6. The number of alkyl carbamates (subject to hydrolysis) is 4. The maximum atomic E-state index is 12.2. The summed E-state index contributed by atoms with van der Waals surface area (Å²) in [5.41, 5.74) is 4.34. The molecule has 0 saturated heterocycles. The van der Waals surface area contributed by atoms with E-state index >= 15 is 0 Å². The minimum absolute atomic E-state index is 0.136. The van der Waals surface area contributed by atoms with Crippen molar-refractivity contribution < 1.29 is 139 Å². The Kier molecular flexibility index (Phi) is 57.9. The molecule has 3 unspecified atom stereocenters. The number of aliphatic hydroxyl groups is 3. The molecule has 0 radical (unpaired) electrons. The van der Waals surface area contributed by atoms with Crippen LogP contribution in [0.4, 0.5) is 19.2 Å². The second-order valence-electron chi connectivity index (χ2n) is 30.5. The number of unbranched alkanes of at least 4 members (excludes halogenated alkanes) is 6. The van der Waals surface area contributed by atoms with Crippen molar-refractivity contribution in [2.75, 3.05) is 115 Å². The van der Waals surface area contributed by atoms with E-state index in [1.807, 2.05) is 41.5 Å². The van der Waals surface area contributed by atoms with Crippen LogP contribution in [0.15, 0.2) is 101 Å². The minimum Gasteiger partial charge on any atom is -0.478 e. The first-order valence-corrected chi connectivity index (χ1v) is 40.6. The lowest BCUT2D eigenvalue weighted by atomic mass is 10.2. The highest BCUT2D eigenvalue weighted by molar-refractivity contribution is 5.98. The van der Waals surface area contributed by atoms with E-state index in [4.69, 9.17) is 68.8 Å². The molecule has 5 aromatic rings. The van der Waals surface area contributed by atoms with E-state index < -0.39 is 113 Å². The number of rotatable bonds is 38. The summed E-state index contributed by atoms with van der Waals surface area (Å²) < 4.78 is 70.3. The number of carboxylic acids is 1. The zero-order valence-electron chi connectivity index (χ0n) is 75.9. The second-order valence-corrected chi connectivity index (χ2v) is 30.5. The van der Waals surface area contributed by atoms with Crippen LogP contribution in [0.1, 0.15) is 208 Å². The molecule has 42 heteroatoms. The molecule has 5 aromatic heterocycles. The highest BCUT2D eigenvalue weighted by Crippen LogP contribution is 2.19. The number of H-pyrrole nitrogens is 1. The van der Waals surface area contributed by atoms with Crippen LogP contribution in [0.3, 0.4) is 0 Å². The van der Waals surface area contributed by atoms with Gasteiger partial charge in [0.2, 0.25) is 35.0 Å². The fraction of sp³-hybridized carbons (Fsp3) is 0.565. The van der Waals surface area contributed by atoms with Crippen LogP contribution in [0.25, 0.3) is 0 Å². The number of nitrogens with one attached hydrogen (secondary N) is 6. The predicted molar refractivity (Wildman–Crippen MR) is 462 cm³/mol. The number of aromatic carboxylic acids is 1. The molecule has 1 aliphatic heterocycles. The van der Waals surface area contributed by atoms with Crippen LogP contribution in [0.2, 0.25) is 0 Å². The third kappa shape index (κ3) is 58.3. The Morgan fingerprint density at radius 1 is 0.472 bits per heavy atom. The number of aliphatic imine (C=N–C) groups is 1. The number of esters is 5. The molecule has 3 atom stereocenters. The topological polar surface area (TPSA) is 581 Å². The second kappa shape index (κ2) is 64.2. The molecule has 6 heterocycles. The van der Waals surface area contributed by atoms with Gasteiger partial charge in [-0.3, -0.25) is 14.4 Å². The molecule has 0 spiro atoms. The summed E-state index contributed by atoms with van der Waals surface area (Å²) in [5.74, 6) is -2.59. The van der Waals surface area contributed by atoms with Gasteiger partial charge in [-0.1, -0.05) is 19.8 Å². The van der Waals surface area contributed by atoms with Crippen LogP contribution >= 0.6 is 0 Å². The normalized spacial score (nSPS) is 12.1. The van der Waals surface area contributed by atoms with Crippen molar-refractivity contribution in [1.82, 2.24) is 51.5 Å². The Balaban J connectivity index is 0.00000153. The Hall–Kier alpha value is -12.6. The lowest BCUT2D eigenvalue weighted by Crippen LogP contribution is -2.44. The van der Waals surface area contributed by atoms with Gasteiger partial charge in [0.1, 0.15) is 35.1 Å². The number of ether oxygens (including phenoxy) is 14. The van der Waals surface area contributed by atoms with E-state index in [1.54, 1.807) is 65.9 Å². The molecule has 1 aliphatic rings. The van der Waals surface area contributed by atoms with Gasteiger partial charge in [-0.2, -0.15) is 0 Å². The maximum Gasteiger partial charge on any atom is 0.407 e. The number of aliphatic hydroxyl groups excluding tert-OH is 3. The van der Waals surface area contributed by atoms with Crippen molar-refractivity contribution in [3.05, 3.63) is 130 Å².